The second kappa shape index (κ2) is 6.98. The van der Waals surface area contributed by atoms with Gasteiger partial charge in [0.25, 0.3) is 0 Å². The Morgan fingerprint density at radius 1 is 0.931 bits per heavy atom. The summed E-state index contributed by atoms with van der Waals surface area (Å²) in [5.74, 6) is 2.24. The van der Waals surface area contributed by atoms with Crippen molar-refractivity contribution in [2.24, 2.45) is 0 Å². The number of ether oxygens (including phenoxy) is 3. The van der Waals surface area contributed by atoms with Crippen LogP contribution < -0.4 is 14.2 Å². The van der Waals surface area contributed by atoms with Crippen molar-refractivity contribution in [2.45, 2.75) is 13.3 Å². The highest BCUT2D eigenvalue weighted by Crippen LogP contribution is 2.37. The first kappa shape index (κ1) is 17.3. The number of fused-ring (bicyclic) bond motifs is 2. The summed E-state index contributed by atoms with van der Waals surface area (Å²) in [7, 11) is 0. The van der Waals surface area contributed by atoms with E-state index in [1.807, 2.05) is 48.5 Å². The Morgan fingerprint density at radius 3 is 2.48 bits per heavy atom. The van der Waals surface area contributed by atoms with Crippen molar-refractivity contribution >= 4 is 17.1 Å². The maximum atomic E-state index is 11.4. The van der Waals surface area contributed by atoms with E-state index in [-0.39, 0.29) is 12.8 Å². The van der Waals surface area contributed by atoms with Crippen LogP contribution in [0.4, 0.5) is 0 Å². The van der Waals surface area contributed by atoms with Crippen molar-refractivity contribution in [2.75, 3.05) is 6.79 Å². The highest BCUT2D eigenvalue weighted by Gasteiger charge is 2.15. The van der Waals surface area contributed by atoms with E-state index < -0.39 is 0 Å². The van der Waals surface area contributed by atoms with Crippen LogP contribution in [0.15, 0.2) is 65.1 Å². The van der Waals surface area contributed by atoms with E-state index in [1.165, 1.54) is 0 Å². The fourth-order valence-electron chi connectivity index (χ4n) is 3.17. The van der Waals surface area contributed by atoms with E-state index >= 15 is 0 Å². The lowest BCUT2D eigenvalue weighted by Gasteiger charge is -2.03. The van der Waals surface area contributed by atoms with Gasteiger partial charge in [0.1, 0.15) is 11.3 Å². The maximum Gasteiger partial charge on any atom is 0.310 e. The van der Waals surface area contributed by atoms with Gasteiger partial charge in [0.15, 0.2) is 17.1 Å². The Labute approximate surface area is 166 Å². The molecule has 0 atom stereocenters. The molecule has 1 aromatic heterocycles. The maximum absolute atomic E-state index is 11.4. The minimum atomic E-state index is -0.268. The average Bonchev–Trinajstić information content (AvgIpc) is 3.39. The van der Waals surface area contributed by atoms with Crippen LogP contribution in [0.25, 0.3) is 33.7 Å². The molecule has 0 amide bonds. The Hall–Kier alpha value is -3.80. The van der Waals surface area contributed by atoms with Crippen LogP contribution in [-0.2, 0) is 4.79 Å². The second-order valence-electron chi connectivity index (χ2n) is 6.62. The molecule has 2 heterocycles. The van der Waals surface area contributed by atoms with Crippen LogP contribution in [0, 0.1) is 0 Å². The van der Waals surface area contributed by atoms with Crippen molar-refractivity contribution < 1.29 is 23.4 Å². The molecule has 0 spiro atoms. The van der Waals surface area contributed by atoms with E-state index in [9.17, 15) is 4.79 Å². The summed E-state index contributed by atoms with van der Waals surface area (Å²) in [5, 5.41) is 0. The molecule has 0 radical (unpaired) electrons. The monoisotopic (exact) mass is 387 g/mol. The lowest BCUT2D eigenvalue weighted by molar-refractivity contribution is -0.134. The molecule has 1 aliphatic rings. The zero-order valence-electron chi connectivity index (χ0n) is 15.7. The van der Waals surface area contributed by atoms with Crippen LogP contribution in [0.2, 0.25) is 0 Å². The first-order valence-corrected chi connectivity index (χ1v) is 9.31. The predicted octanol–water partition coefficient (Wildman–Crippen LogP) is 5.21. The fourth-order valence-corrected chi connectivity index (χ4v) is 3.17. The highest BCUT2D eigenvalue weighted by atomic mass is 16.7. The number of oxazole rings is 1. The van der Waals surface area contributed by atoms with Gasteiger partial charge in [-0.1, -0.05) is 19.1 Å². The molecular weight excluding hydrogens is 370 g/mol. The number of aromatic nitrogens is 1. The smallest absolute Gasteiger partial charge is 0.310 e. The van der Waals surface area contributed by atoms with Gasteiger partial charge >= 0.3 is 5.97 Å². The Bertz CT molecular complexity index is 1210. The third kappa shape index (κ3) is 3.29. The standard InChI is InChI=1S/C23H17NO5/c1-2-22(25)28-17-7-3-14(4-8-17)23-24-18-9-5-15(11-20(18)29-23)16-6-10-19-21(12-16)27-13-26-19/h3-12H,2,13H2,1H3. The number of hydrogen-bond donors (Lipinski definition) is 0. The molecule has 0 aliphatic carbocycles. The Morgan fingerprint density at radius 2 is 1.66 bits per heavy atom. The first-order valence-electron chi connectivity index (χ1n) is 9.31. The van der Waals surface area contributed by atoms with Gasteiger partial charge in [0.2, 0.25) is 12.7 Å². The molecule has 0 saturated heterocycles. The third-order valence-electron chi connectivity index (χ3n) is 4.72. The summed E-state index contributed by atoms with van der Waals surface area (Å²) >= 11 is 0. The molecule has 0 N–H and O–H groups in total. The largest absolute Gasteiger partial charge is 0.454 e. The molecule has 1 aliphatic heterocycles. The molecule has 5 rings (SSSR count). The lowest BCUT2D eigenvalue weighted by Crippen LogP contribution is -2.05. The van der Waals surface area contributed by atoms with Crippen molar-refractivity contribution in [3.05, 3.63) is 60.7 Å². The Balaban J connectivity index is 1.44. The molecule has 6 nitrogen and oxygen atoms in total. The van der Waals surface area contributed by atoms with Crippen LogP contribution in [-0.4, -0.2) is 17.7 Å². The van der Waals surface area contributed by atoms with Crippen molar-refractivity contribution in [1.82, 2.24) is 4.98 Å². The van der Waals surface area contributed by atoms with Gasteiger partial charge in [0, 0.05) is 12.0 Å². The molecular formula is C23H17NO5. The minimum Gasteiger partial charge on any atom is -0.454 e. The SMILES string of the molecule is CCC(=O)Oc1ccc(-c2nc3ccc(-c4ccc5c(c4)OCO5)cc3o2)cc1. The molecule has 0 unspecified atom stereocenters. The van der Waals surface area contributed by atoms with E-state index in [4.69, 9.17) is 18.6 Å². The van der Waals surface area contributed by atoms with Crippen LogP contribution in [0.3, 0.4) is 0 Å². The summed E-state index contributed by atoms with van der Waals surface area (Å²) in [6.07, 6.45) is 0.332. The number of rotatable bonds is 4. The number of benzene rings is 3. The zero-order chi connectivity index (χ0) is 19.8. The molecule has 0 fully saturated rings. The molecule has 0 bridgehead atoms. The highest BCUT2D eigenvalue weighted by molar-refractivity contribution is 5.83. The van der Waals surface area contributed by atoms with Crippen molar-refractivity contribution in [3.8, 4) is 39.8 Å². The fraction of sp³-hybridized carbons (Fsp3) is 0.130. The summed E-state index contributed by atoms with van der Waals surface area (Å²) < 4.78 is 22.0. The van der Waals surface area contributed by atoms with Crippen molar-refractivity contribution in [3.63, 3.8) is 0 Å². The molecule has 6 heteroatoms. The van der Waals surface area contributed by atoms with Gasteiger partial charge in [-0.2, -0.15) is 0 Å². The quantitative estimate of drug-likeness (QED) is 0.354. The first-order chi connectivity index (χ1) is 14.2. The summed E-state index contributed by atoms with van der Waals surface area (Å²) in [4.78, 5) is 16.0. The molecule has 3 aromatic carbocycles. The minimum absolute atomic E-state index is 0.250. The van der Waals surface area contributed by atoms with Gasteiger partial charge in [-0.15, -0.1) is 0 Å². The third-order valence-corrected chi connectivity index (χ3v) is 4.72. The number of nitrogens with zero attached hydrogens (tertiary/aromatic N) is 1. The number of carbonyl (C=O) groups is 1. The van der Waals surface area contributed by atoms with E-state index in [0.717, 1.165) is 33.7 Å². The van der Waals surface area contributed by atoms with Crippen molar-refractivity contribution in [1.29, 1.82) is 0 Å². The number of esters is 1. The summed E-state index contributed by atoms with van der Waals surface area (Å²) in [6.45, 7) is 2.01. The second-order valence-corrected chi connectivity index (χ2v) is 6.62. The zero-order valence-corrected chi connectivity index (χ0v) is 15.7. The lowest BCUT2D eigenvalue weighted by atomic mass is 10.0. The Kier molecular flexibility index (Phi) is 4.17. The molecule has 144 valence electrons. The number of carbonyl (C=O) groups excluding carboxylic acids is 1. The molecule has 4 aromatic rings. The van der Waals surface area contributed by atoms with Gasteiger partial charge in [-0.05, 0) is 59.7 Å². The molecule has 0 saturated carbocycles. The normalized spacial score (nSPS) is 12.3. The van der Waals surface area contributed by atoms with Crippen LogP contribution in [0.1, 0.15) is 13.3 Å². The molecule has 29 heavy (non-hydrogen) atoms. The van der Waals surface area contributed by atoms with Gasteiger partial charge in [-0.25, -0.2) is 4.98 Å². The van der Waals surface area contributed by atoms with Crippen LogP contribution >= 0.6 is 0 Å². The summed E-state index contributed by atoms with van der Waals surface area (Å²) in [6, 6.07) is 18.8. The van der Waals surface area contributed by atoms with E-state index in [2.05, 4.69) is 4.98 Å². The van der Waals surface area contributed by atoms with Gasteiger partial charge in [0.05, 0.1) is 0 Å². The van der Waals surface area contributed by atoms with E-state index in [1.54, 1.807) is 19.1 Å². The average molecular weight is 387 g/mol. The topological polar surface area (TPSA) is 70.8 Å². The van der Waals surface area contributed by atoms with Gasteiger partial charge < -0.3 is 18.6 Å². The van der Waals surface area contributed by atoms with Gasteiger partial charge in [-0.3, -0.25) is 4.79 Å². The predicted molar refractivity (Wildman–Crippen MR) is 107 cm³/mol. The van der Waals surface area contributed by atoms with E-state index in [0.29, 0.717) is 23.6 Å². The summed E-state index contributed by atoms with van der Waals surface area (Å²) in [5.41, 5.74) is 4.28. The number of hydrogen-bond acceptors (Lipinski definition) is 6. The van der Waals surface area contributed by atoms with Crippen LogP contribution in [0.5, 0.6) is 17.2 Å².